The lowest BCUT2D eigenvalue weighted by atomic mass is 10.1. The summed E-state index contributed by atoms with van der Waals surface area (Å²) < 4.78 is 0. The van der Waals surface area contributed by atoms with Crippen molar-refractivity contribution in [2.75, 3.05) is 23.0 Å². The zero-order chi connectivity index (χ0) is 18.5. The number of carbonyl (C=O) groups excluding carboxylic acids is 2. The molecule has 0 saturated carbocycles. The zero-order valence-corrected chi connectivity index (χ0v) is 14.6. The smallest absolute Gasteiger partial charge is 0.323 e. The monoisotopic (exact) mass is 348 g/mol. The predicted octanol–water partition coefficient (Wildman–Crippen LogP) is 4.54. The standard InChI is InChI=1S/C20H20N4O2/c1-13-7-8-15-12-16(10-9-14(15)11-13)22-20(26)24-18-6-4-3-5-17(18)23-19(25)21-2/h3-12H,1-2H3,(H2,21,23,25)(H2,22,24,26). The Morgan fingerprint density at radius 3 is 2.04 bits per heavy atom. The van der Waals surface area contributed by atoms with E-state index in [1.807, 2.05) is 37.3 Å². The maximum Gasteiger partial charge on any atom is 0.323 e. The quantitative estimate of drug-likeness (QED) is 0.560. The summed E-state index contributed by atoms with van der Waals surface area (Å²) in [6.45, 7) is 2.04. The van der Waals surface area contributed by atoms with E-state index in [9.17, 15) is 9.59 Å². The highest BCUT2D eigenvalue weighted by Crippen LogP contribution is 2.23. The van der Waals surface area contributed by atoms with E-state index in [0.717, 1.165) is 10.8 Å². The van der Waals surface area contributed by atoms with Gasteiger partial charge in [0, 0.05) is 12.7 Å². The van der Waals surface area contributed by atoms with Crippen LogP contribution in [0.25, 0.3) is 10.8 Å². The Labute approximate surface area is 151 Å². The number of urea groups is 2. The van der Waals surface area contributed by atoms with Crippen LogP contribution in [0.4, 0.5) is 26.7 Å². The number of para-hydroxylation sites is 2. The summed E-state index contributed by atoms with van der Waals surface area (Å²) >= 11 is 0. The van der Waals surface area contributed by atoms with Crippen molar-refractivity contribution in [3.05, 3.63) is 66.2 Å². The Balaban J connectivity index is 1.73. The summed E-state index contributed by atoms with van der Waals surface area (Å²) in [6.07, 6.45) is 0. The van der Waals surface area contributed by atoms with E-state index < -0.39 is 0 Å². The minimum absolute atomic E-state index is 0.357. The SMILES string of the molecule is CNC(=O)Nc1ccccc1NC(=O)Nc1ccc2cc(C)ccc2c1. The molecule has 0 unspecified atom stereocenters. The third-order valence-corrected chi connectivity index (χ3v) is 3.90. The summed E-state index contributed by atoms with van der Waals surface area (Å²) in [6, 6.07) is 18.1. The van der Waals surface area contributed by atoms with Crippen LogP contribution in [0.3, 0.4) is 0 Å². The molecule has 0 radical (unpaired) electrons. The molecule has 3 aromatic rings. The molecule has 0 heterocycles. The second-order valence-corrected chi connectivity index (χ2v) is 5.89. The highest BCUT2D eigenvalue weighted by atomic mass is 16.2. The molecule has 4 amide bonds. The number of amides is 4. The Hall–Kier alpha value is -3.54. The van der Waals surface area contributed by atoms with Crippen LogP contribution in [-0.4, -0.2) is 19.1 Å². The van der Waals surface area contributed by atoms with Crippen molar-refractivity contribution >= 4 is 39.9 Å². The first-order valence-electron chi connectivity index (χ1n) is 8.21. The van der Waals surface area contributed by atoms with Gasteiger partial charge in [-0.3, -0.25) is 0 Å². The van der Waals surface area contributed by atoms with Crippen LogP contribution in [0, 0.1) is 6.92 Å². The Kier molecular flexibility index (Phi) is 5.03. The molecule has 132 valence electrons. The maximum absolute atomic E-state index is 12.3. The first-order valence-corrected chi connectivity index (χ1v) is 8.21. The largest absolute Gasteiger partial charge is 0.341 e. The lowest BCUT2D eigenvalue weighted by Gasteiger charge is -2.13. The molecule has 4 N–H and O–H groups in total. The minimum atomic E-state index is -0.386. The summed E-state index contributed by atoms with van der Waals surface area (Å²) in [5.41, 5.74) is 2.90. The molecule has 0 aromatic heterocycles. The van der Waals surface area contributed by atoms with Gasteiger partial charge < -0.3 is 21.3 Å². The molecule has 26 heavy (non-hydrogen) atoms. The average molecular weight is 348 g/mol. The summed E-state index contributed by atoms with van der Waals surface area (Å²) in [5, 5.41) is 12.9. The summed E-state index contributed by atoms with van der Waals surface area (Å²) in [4.78, 5) is 23.8. The van der Waals surface area contributed by atoms with Crippen molar-refractivity contribution in [1.82, 2.24) is 5.32 Å². The lowest BCUT2D eigenvalue weighted by Crippen LogP contribution is -2.26. The highest BCUT2D eigenvalue weighted by Gasteiger charge is 2.09. The number of rotatable bonds is 3. The molecule has 0 fully saturated rings. The van der Waals surface area contributed by atoms with Crippen molar-refractivity contribution in [3.63, 3.8) is 0 Å². The van der Waals surface area contributed by atoms with Gasteiger partial charge in [-0.1, -0.05) is 42.0 Å². The third kappa shape index (κ3) is 4.10. The zero-order valence-electron chi connectivity index (χ0n) is 14.6. The van der Waals surface area contributed by atoms with Gasteiger partial charge in [-0.15, -0.1) is 0 Å². The number of hydrogen-bond donors (Lipinski definition) is 4. The van der Waals surface area contributed by atoms with Crippen molar-refractivity contribution in [1.29, 1.82) is 0 Å². The molecule has 0 spiro atoms. The molecule has 6 nitrogen and oxygen atoms in total. The molecule has 0 saturated heterocycles. The topological polar surface area (TPSA) is 82.3 Å². The summed E-state index contributed by atoms with van der Waals surface area (Å²) in [5.74, 6) is 0. The van der Waals surface area contributed by atoms with Crippen LogP contribution >= 0.6 is 0 Å². The number of hydrogen-bond acceptors (Lipinski definition) is 2. The maximum atomic E-state index is 12.3. The van der Waals surface area contributed by atoms with E-state index in [-0.39, 0.29) is 12.1 Å². The van der Waals surface area contributed by atoms with Crippen molar-refractivity contribution in [3.8, 4) is 0 Å². The average Bonchev–Trinajstić information content (AvgIpc) is 2.63. The molecular weight excluding hydrogens is 328 g/mol. The second-order valence-electron chi connectivity index (χ2n) is 5.89. The number of anilines is 3. The lowest BCUT2D eigenvalue weighted by molar-refractivity contribution is 0.254. The fraction of sp³-hybridized carbons (Fsp3) is 0.100. The second kappa shape index (κ2) is 7.57. The summed E-state index contributed by atoms with van der Waals surface area (Å²) in [7, 11) is 1.53. The van der Waals surface area contributed by atoms with Crippen LogP contribution in [0.2, 0.25) is 0 Å². The highest BCUT2D eigenvalue weighted by molar-refractivity contribution is 6.04. The number of nitrogens with one attached hydrogen (secondary N) is 4. The van der Waals surface area contributed by atoms with Gasteiger partial charge in [-0.2, -0.15) is 0 Å². The number of fused-ring (bicyclic) bond motifs is 1. The third-order valence-electron chi connectivity index (χ3n) is 3.90. The molecular formula is C20H20N4O2. The minimum Gasteiger partial charge on any atom is -0.341 e. The molecule has 0 aliphatic heterocycles. The van der Waals surface area contributed by atoms with Gasteiger partial charge >= 0.3 is 12.1 Å². The predicted molar refractivity (Wildman–Crippen MR) is 106 cm³/mol. The van der Waals surface area contributed by atoms with E-state index in [1.54, 1.807) is 24.3 Å². The van der Waals surface area contributed by atoms with Crippen molar-refractivity contribution in [2.45, 2.75) is 6.92 Å². The van der Waals surface area contributed by atoms with Gasteiger partial charge in [-0.05, 0) is 42.0 Å². The number of benzene rings is 3. The first-order chi connectivity index (χ1) is 12.5. The molecule has 0 bridgehead atoms. The van der Waals surface area contributed by atoms with Crippen LogP contribution in [0.1, 0.15) is 5.56 Å². The van der Waals surface area contributed by atoms with Crippen LogP contribution in [0.5, 0.6) is 0 Å². The Morgan fingerprint density at radius 2 is 1.35 bits per heavy atom. The fourth-order valence-electron chi connectivity index (χ4n) is 2.61. The Morgan fingerprint density at radius 1 is 0.731 bits per heavy atom. The van der Waals surface area contributed by atoms with Gasteiger partial charge in [0.15, 0.2) is 0 Å². The van der Waals surface area contributed by atoms with E-state index in [0.29, 0.717) is 17.1 Å². The molecule has 6 heteroatoms. The normalized spacial score (nSPS) is 10.2. The molecule has 0 aliphatic rings. The van der Waals surface area contributed by atoms with Crippen LogP contribution in [0.15, 0.2) is 60.7 Å². The number of aryl methyl sites for hydroxylation is 1. The Bertz CT molecular complexity index is 969. The van der Waals surface area contributed by atoms with Crippen LogP contribution < -0.4 is 21.3 Å². The van der Waals surface area contributed by atoms with Crippen LogP contribution in [-0.2, 0) is 0 Å². The molecule has 3 aromatic carbocycles. The first kappa shape index (κ1) is 17.3. The van der Waals surface area contributed by atoms with E-state index in [4.69, 9.17) is 0 Å². The molecule has 3 rings (SSSR count). The van der Waals surface area contributed by atoms with Crippen molar-refractivity contribution in [2.24, 2.45) is 0 Å². The van der Waals surface area contributed by atoms with E-state index in [2.05, 4.69) is 27.3 Å². The van der Waals surface area contributed by atoms with Gasteiger partial charge in [-0.25, -0.2) is 9.59 Å². The van der Waals surface area contributed by atoms with Gasteiger partial charge in [0.05, 0.1) is 11.4 Å². The van der Waals surface area contributed by atoms with Gasteiger partial charge in [0.25, 0.3) is 0 Å². The fourth-order valence-corrected chi connectivity index (χ4v) is 2.61. The van der Waals surface area contributed by atoms with Crippen molar-refractivity contribution < 1.29 is 9.59 Å². The molecule has 0 atom stereocenters. The van der Waals surface area contributed by atoms with Gasteiger partial charge in [0.2, 0.25) is 0 Å². The van der Waals surface area contributed by atoms with Gasteiger partial charge in [0.1, 0.15) is 0 Å². The van der Waals surface area contributed by atoms with E-state index >= 15 is 0 Å². The molecule has 0 aliphatic carbocycles. The van der Waals surface area contributed by atoms with E-state index in [1.165, 1.54) is 12.6 Å². The number of carbonyl (C=O) groups is 2.